The highest BCUT2D eigenvalue weighted by atomic mass is 32.2. The Kier molecular flexibility index (Phi) is 6.34. The van der Waals surface area contributed by atoms with Crippen LogP contribution in [0.2, 0.25) is 0 Å². The maximum atomic E-state index is 12.2. The van der Waals surface area contributed by atoms with Crippen LogP contribution in [0.4, 0.5) is 0 Å². The third kappa shape index (κ3) is 4.10. The van der Waals surface area contributed by atoms with E-state index in [4.69, 9.17) is 5.11 Å². The minimum Gasteiger partial charge on any atom is -0.384 e. The fraction of sp³-hybridized carbons (Fsp3) is 0.357. The van der Waals surface area contributed by atoms with Crippen molar-refractivity contribution in [3.63, 3.8) is 0 Å². The van der Waals surface area contributed by atoms with Gasteiger partial charge in [-0.2, -0.15) is 11.8 Å². The molecule has 0 spiro atoms. The van der Waals surface area contributed by atoms with Crippen molar-refractivity contribution in [1.82, 2.24) is 4.90 Å². The fourth-order valence-electron chi connectivity index (χ4n) is 1.45. The molecule has 0 aromatic heterocycles. The van der Waals surface area contributed by atoms with Gasteiger partial charge in [-0.15, -0.1) is 0 Å². The average Bonchev–Trinajstić information content (AvgIpc) is 2.42. The van der Waals surface area contributed by atoms with E-state index in [1.165, 1.54) is 0 Å². The van der Waals surface area contributed by atoms with E-state index in [9.17, 15) is 4.79 Å². The molecule has 0 aliphatic carbocycles. The molecule has 3 nitrogen and oxygen atoms in total. The molecule has 1 N–H and O–H groups in total. The van der Waals surface area contributed by atoms with Crippen LogP contribution in [0.5, 0.6) is 0 Å². The summed E-state index contributed by atoms with van der Waals surface area (Å²) in [5.74, 6) is 6.25. The second kappa shape index (κ2) is 7.80. The van der Waals surface area contributed by atoms with E-state index in [1.807, 2.05) is 18.4 Å². The van der Waals surface area contributed by atoms with Crippen LogP contribution < -0.4 is 0 Å². The van der Waals surface area contributed by atoms with Crippen molar-refractivity contribution < 1.29 is 9.90 Å². The molecule has 0 aliphatic heterocycles. The van der Waals surface area contributed by atoms with Gasteiger partial charge in [0.25, 0.3) is 5.91 Å². The molecule has 1 rings (SSSR count). The van der Waals surface area contributed by atoms with Gasteiger partial charge in [0.15, 0.2) is 0 Å². The lowest BCUT2D eigenvalue weighted by atomic mass is 10.1. The molecule has 0 aliphatic rings. The summed E-state index contributed by atoms with van der Waals surface area (Å²) in [5, 5.41) is 8.71. The molecule has 1 amide bonds. The molecule has 0 heterocycles. The van der Waals surface area contributed by atoms with Crippen molar-refractivity contribution in [2.45, 2.75) is 0 Å². The zero-order valence-electron chi connectivity index (χ0n) is 10.6. The Bertz CT molecular complexity index is 462. The van der Waals surface area contributed by atoms with Gasteiger partial charge in [0.1, 0.15) is 6.61 Å². The van der Waals surface area contributed by atoms with Crippen LogP contribution in [0.1, 0.15) is 15.9 Å². The largest absolute Gasteiger partial charge is 0.384 e. The predicted molar refractivity (Wildman–Crippen MR) is 75.7 cm³/mol. The minimum absolute atomic E-state index is 0.0353. The van der Waals surface area contributed by atoms with Crippen LogP contribution in [-0.4, -0.2) is 48.1 Å². The molecule has 0 atom stereocenters. The molecule has 0 bridgehead atoms. The Hall–Kier alpha value is -1.44. The van der Waals surface area contributed by atoms with Crippen LogP contribution in [0, 0.1) is 11.8 Å². The van der Waals surface area contributed by atoms with Crippen molar-refractivity contribution in [2.24, 2.45) is 0 Å². The molecule has 0 saturated carbocycles. The van der Waals surface area contributed by atoms with Crippen molar-refractivity contribution in [1.29, 1.82) is 0 Å². The molecule has 18 heavy (non-hydrogen) atoms. The summed E-state index contributed by atoms with van der Waals surface area (Å²) in [4.78, 5) is 13.9. The van der Waals surface area contributed by atoms with Crippen LogP contribution in [0.15, 0.2) is 24.3 Å². The number of hydrogen-bond donors (Lipinski definition) is 1. The van der Waals surface area contributed by atoms with Gasteiger partial charge < -0.3 is 10.0 Å². The third-order valence-corrected chi connectivity index (χ3v) is 3.03. The lowest BCUT2D eigenvalue weighted by molar-refractivity contribution is 0.0803. The Morgan fingerprint density at radius 1 is 1.44 bits per heavy atom. The summed E-state index contributed by atoms with van der Waals surface area (Å²) in [6.07, 6.45) is 2.01. The molecule has 0 unspecified atom stereocenters. The highest BCUT2D eigenvalue weighted by molar-refractivity contribution is 7.98. The summed E-state index contributed by atoms with van der Waals surface area (Å²) < 4.78 is 0. The van der Waals surface area contributed by atoms with Crippen molar-refractivity contribution >= 4 is 17.7 Å². The summed E-state index contributed by atoms with van der Waals surface area (Å²) >= 11 is 1.71. The monoisotopic (exact) mass is 263 g/mol. The first-order valence-corrected chi connectivity index (χ1v) is 7.03. The molecular formula is C14H17NO2S. The number of nitrogens with zero attached hydrogens (tertiary/aromatic N) is 1. The second-order valence-electron chi connectivity index (χ2n) is 3.72. The molecule has 1 aromatic rings. The number of thioether (sulfide) groups is 1. The number of benzene rings is 1. The number of aliphatic hydroxyl groups is 1. The van der Waals surface area contributed by atoms with E-state index >= 15 is 0 Å². The van der Waals surface area contributed by atoms with Crippen molar-refractivity contribution in [3.8, 4) is 11.8 Å². The third-order valence-electron chi connectivity index (χ3n) is 2.44. The highest BCUT2D eigenvalue weighted by Crippen LogP contribution is 2.10. The molecule has 4 heteroatoms. The van der Waals surface area contributed by atoms with Gasteiger partial charge in [-0.05, 0) is 18.4 Å². The van der Waals surface area contributed by atoms with Gasteiger partial charge in [-0.1, -0.05) is 24.0 Å². The Balaban J connectivity index is 2.91. The SMILES string of the molecule is CSCCN(C)C(=O)c1ccccc1C#CCO. The number of carbonyl (C=O) groups is 1. The molecule has 1 aromatic carbocycles. The topological polar surface area (TPSA) is 40.5 Å². The van der Waals surface area contributed by atoms with Gasteiger partial charge in [-0.3, -0.25) is 4.79 Å². The first-order valence-electron chi connectivity index (χ1n) is 5.64. The number of hydrogen-bond acceptors (Lipinski definition) is 3. The number of aliphatic hydroxyl groups excluding tert-OH is 1. The Morgan fingerprint density at radius 2 is 2.17 bits per heavy atom. The summed E-state index contributed by atoms with van der Waals surface area (Å²) in [5.41, 5.74) is 1.25. The van der Waals surface area contributed by atoms with E-state index in [0.717, 1.165) is 5.75 Å². The first-order chi connectivity index (χ1) is 8.70. The normalized spacial score (nSPS) is 9.50. The van der Waals surface area contributed by atoms with E-state index in [1.54, 1.807) is 35.8 Å². The Morgan fingerprint density at radius 3 is 2.83 bits per heavy atom. The molecule has 0 fully saturated rings. The smallest absolute Gasteiger partial charge is 0.254 e. The number of rotatable bonds is 4. The maximum absolute atomic E-state index is 12.2. The minimum atomic E-state index is -0.204. The molecule has 96 valence electrons. The standard InChI is InChI=1S/C14H17NO2S/c1-15(9-11-18-2)14(17)13-8-4-3-6-12(13)7-5-10-16/h3-4,6,8,16H,9-11H2,1-2H3. The zero-order valence-corrected chi connectivity index (χ0v) is 11.5. The van der Waals surface area contributed by atoms with E-state index in [2.05, 4.69) is 11.8 Å². The van der Waals surface area contributed by atoms with E-state index in [-0.39, 0.29) is 12.5 Å². The average molecular weight is 263 g/mol. The van der Waals surface area contributed by atoms with E-state index < -0.39 is 0 Å². The quantitative estimate of drug-likeness (QED) is 0.836. The van der Waals surface area contributed by atoms with Crippen LogP contribution in [0.3, 0.4) is 0 Å². The zero-order chi connectivity index (χ0) is 13.4. The first kappa shape index (κ1) is 14.6. The van der Waals surface area contributed by atoms with Crippen molar-refractivity contribution in [3.05, 3.63) is 35.4 Å². The van der Waals surface area contributed by atoms with Crippen LogP contribution in [0.25, 0.3) is 0 Å². The van der Waals surface area contributed by atoms with Gasteiger partial charge in [-0.25, -0.2) is 0 Å². The lowest BCUT2D eigenvalue weighted by Gasteiger charge is -2.17. The lowest BCUT2D eigenvalue weighted by Crippen LogP contribution is -2.29. The van der Waals surface area contributed by atoms with Crippen molar-refractivity contribution in [2.75, 3.05) is 32.2 Å². The van der Waals surface area contributed by atoms with Crippen LogP contribution in [-0.2, 0) is 0 Å². The summed E-state index contributed by atoms with van der Waals surface area (Å²) in [6, 6.07) is 7.21. The van der Waals surface area contributed by atoms with Gasteiger partial charge in [0, 0.05) is 24.9 Å². The number of amides is 1. The summed E-state index contributed by atoms with van der Waals surface area (Å²) in [7, 11) is 1.79. The molecular weight excluding hydrogens is 246 g/mol. The van der Waals surface area contributed by atoms with Gasteiger partial charge in [0.05, 0.1) is 5.56 Å². The molecule has 0 radical (unpaired) electrons. The second-order valence-corrected chi connectivity index (χ2v) is 4.71. The fourth-order valence-corrected chi connectivity index (χ4v) is 1.91. The van der Waals surface area contributed by atoms with Gasteiger partial charge in [0.2, 0.25) is 0 Å². The predicted octanol–water partition coefficient (Wildman–Crippen LogP) is 1.47. The van der Waals surface area contributed by atoms with Crippen LogP contribution >= 0.6 is 11.8 Å². The van der Waals surface area contributed by atoms with E-state index in [0.29, 0.717) is 17.7 Å². The maximum Gasteiger partial charge on any atom is 0.254 e. The van der Waals surface area contributed by atoms with Gasteiger partial charge >= 0.3 is 0 Å². The molecule has 0 saturated heterocycles. The number of carbonyl (C=O) groups excluding carboxylic acids is 1. The highest BCUT2D eigenvalue weighted by Gasteiger charge is 2.13. The Labute approximate surface area is 112 Å². The summed E-state index contributed by atoms with van der Waals surface area (Å²) in [6.45, 7) is 0.507.